The van der Waals surface area contributed by atoms with Gasteiger partial charge in [-0.3, -0.25) is 0 Å². The molecule has 0 amide bonds. The fourth-order valence-electron chi connectivity index (χ4n) is 3.88. The Labute approximate surface area is 133 Å². The van der Waals surface area contributed by atoms with Crippen LogP contribution in [0.3, 0.4) is 0 Å². The maximum Gasteiger partial charge on any atom is 0.157 e. The van der Waals surface area contributed by atoms with Gasteiger partial charge in [0, 0.05) is 6.61 Å². The number of hydrogen-bond donors (Lipinski definition) is 0. The number of rotatable bonds is 10. The monoisotopic (exact) mass is 298 g/mol. The Balaban J connectivity index is 2.17. The molecule has 0 N–H and O–H groups in total. The van der Waals surface area contributed by atoms with Crippen molar-refractivity contribution in [2.45, 2.75) is 98.4 Å². The van der Waals surface area contributed by atoms with Crippen LogP contribution in [0.5, 0.6) is 0 Å². The average molecular weight is 299 g/mol. The van der Waals surface area contributed by atoms with E-state index in [1.54, 1.807) is 0 Å². The SMILES string of the molecule is CCCC(C)C[C@H](C)C[C@H](C)C[C@H](C)OC1CCCCO1. The van der Waals surface area contributed by atoms with E-state index in [1.165, 1.54) is 38.5 Å². The summed E-state index contributed by atoms with van der Waals surface area (Å²) in [6.45, 7) is 12.6. The van der Waals surface area contributed by atoms with Gasteiger partial charge in [0.15, 0.2) is 6.29 Å². The zero-order chi connectivity index (χ0) is 15.7. The van der Waals surface area contributed by atoms with E-state index in [2.05, 4.69) is 34.6 Å². The quantitative estimate of drug-likeness (QED) is 0.507. The van der Waals surface area contributed by atoms with Gasteiger partial charge in [0.1, 0.15) is 0 Å². The van der Waals surface area contributed by atoms with E-state index in [4.69, 9.17) is 9.47 Å². The predicted octanol–water partition coefficient (Wildman–Crippen LogP) is 5.80. The lowest BCUT2D eigenvalue weighted by molar-refractivity contribution is -0.187. The van der Waals surface area contributed by atoms with Crippen molar-refractivity contribution in [1.82, 2.24) is 0 Å². The van der Waals surface area contributed by atoms with Crippen molar-refractivity contribution in [3.8, 4) is 0 Å². The summed E-state index contributed by atoms with van der Waals surface area (Å²) in [5.41, 5.74) is 0. The summed E-state index contributed by atoms with van der Waals surface area (Å²) in [4.78, 5) is 0. The van der Waals surface area contributed by atoms with E-state index in [1.807, 2.05) is 0 Å². The standard InChI is InChI=1S/C19H38O2/c1-6-9-15(2)12-16(3)13-17(4)14-18(5)21-19-10-7-8-11-20-19/h15-19H,6-14H2,1-5H3/t15?,16-,17-,18-,19?/m0/s1. The van der Waals surface area contributed by atoms with Crippen LogP contribution in [0.4, 0.5) is 0 Å². The maximum atomic E-state index is 6.04. The molecule has 0 spiro atoms. The molecule has 1 heterocycles. The van der Waals surface area contributed by atoms with Gasteiger partial charge in [0.05, 0.1) is 6.10 Å². The summed E-state index contributed by atoms with van der Waals surface area (Å²) in [7, 11) is 0. The first kappa shape index (κ1) is 19.0. The first-order valence-electron chi connectivity index (χ1n) is 9.28. The van der Waals surface area contributed by atoms with Gasteiger partial charge in [-0.1, -0.05) is 40.5 Å². The minimum Gasteiger partial charge on any atom is -0.353 e. The molecule has 0 aliphatic carbocycles. The van der Waals surface area contributed by atoms with E-state index in [9.17, 15) is 0 Å². The molecule has 5 atom stereocenters. The van der Waals surface area contributed by atoms with Crippen molar-refractivity contribution >= 4 is 0 Å². The van der Waals surface area contributed by atoms with Crippen molar-refractivity contribution in [2.24, 2.45) is 17.8 Å². The van der Waals surface area contributed by atoms with Crippen LogP contribution in [0.25, 0.3) is 0 Å². The molecule has 2 unspecified atom stereocenters. The highest BCUT2D eigenvalue weighted by Crippen LogP contribution is 2.26. The zero-order valence-electron chi connectivity index (χ0n) is 15.1. The van der Waals surface area contributed by atoms with E-state index in [0.29, 0.717) is 6.10 Å². The van der Waals surface area contributed by atoms with Gasteiger partial charge in [-0.2, -0.15) is 0 Å². The third-order valence-corrected chi connectivity index (χ3v) is 4.65. The molecule has 1 aliphatic rings. The summed E-state index contributed by atoms with van der Waals surface area (Å²) >= 11 is 0. The molecule has 2 heteroatoms. The Hall–Kier alpha value is -0.0800. The normalized spacial score (nSPS) is 25.3. The second-order valence-electron chi connectivity index (χ2n) is 7.55. The van der Waals surface area contributed by atoms with Gasteiger partial charge < -0.3 is 9.47 Å². The maximum absolute atomic E-state index is 6.04. The molecule has 0 aromatic carbocycles. The van der Waals surface area contributed by atoms with Crippen LogP contribution in [-0.4, -0.2) is 19.0 Å². The molecule has 0 saturated carbocycles. The Bertz CT molecular complexity index is 248. The van der Waals surface area contributed by atoms with Crippen LogP contribution in [0.1, 0.15) is 86.0 Å². The molecule has 0 radical (unpaired) electrons. The summed E-state index contributed by atoms with van der Waals surface area (Å²) in [6.07, 6.45) is 10.4. The molecular weight excluding hydrogens is 260 g/mol. The van der Waals surface area contributed by atoms with E-state index in [-0.39, 0.29) is 6.29 Å². The van der Waals surface area contributed by atoms with Crippen LogP contribution in [0, 0.1) is 17.8 Å². The lowest BCUT2D eigenvalue weighted by atomic mass is 9.86. The molecule has 0 aromatic rings. The van der Waals surface area contributed by atoms with Crippen molar-refractivity contribution in [1.29, 1.82) is 0 Å². The molecule has 1 saturated heterocycles. The molecule has 0 aromatic heterocycles. The second kappa shape index (κ2) is 10.6. The molecule has 21 heavy (non-hydrogen) atoms. The second-order valence-corrected chi connectivity index (χ2v) is 7.55. The number of hydrogen-bond acceptors (Lipinski definition) is 2. The highest BCUT2D eigenvalue weighted by Gasteiger charge is 2.20. The van der Waals surface area contributed by atoms with E-state index >= 15 is 0 Å². The largest absolute Gasteiger partial charge is 0.353 e. The van der Waals surface area contributed by atoms with Gasteiger partial charge in [-0.15, -0.1) is 0 Å². The van der Waals surface area contributed by atoms with Crippen molar-refractivity contribution in [3.63, 3.8) is 0 Å². The minimum atomic E-state index is 0.0583. The van der Waals surface area contributed by atoms with Gasteiger partial charge in [-0.25, -0.2) is 0 Å². The van der Waals surface area contributed by atoms with Gasteiger partial charge in [-0.05, 0) is 63.2 Å². The van der Waals surface area contributed by atoms with Gasteiger partial charge >= 0.3 is 0 Å². The summed E-state index contributed by atoms with van der Waals surface area (Å²) in [5.74, 6) is 2.45. The summed E-state index contributed by atoms with van der Waals surface area (Å²) in [5, 5.41) is 0. The lowest BCUT2D eigenvalue weighted by Gasteiger charge is -2.28. The van der Waals surface area contributed by atoms with E-state index in [0.717, 1.165) is 37.2 Å². The van der Waals surface area contributed by atoms with Crippen molar-refractivity contribution < 1.29 is 9.47 Å². The average Bonchev–Trinajstić information content (AvgIpc) is 2.39. The van der Waals surface area contributed by atoms with Gasteiger partial charge in [0.25, 0.3) is 0 Å². The first-order chi connectivity index (χ1) is 10.0. The van der Waals surface area contributed by atoms with Crippen LogP contribution >= 0.6 is 0 Å². The topological polar surface area (TPSA) is 18.5 Å². The van der Waals surface area contributed by atoms with Crippen LogP contribution in [-0.2, 0) is 9.47 Å². The molecule has 2 nitrogen and oxygen atoms in total. The fourth-order valence-corrected chi connectivity index (χ4v) is 3.88. The highest BCUT2D eigenvalue weighted by molar-refractivity contribution is 4.67. The molecule has 126 valence electrons. The van der Waals surface area contributed by atoms with Crippen LogP contribution in [0.2, 0.25) is 0 Å². The Morgan fingerprint density at radius 3 is 2.24 bits per heavy atom. The van der Waals surface area contributed by atoms with Gasteiger partial charge in [0.2, 0.25) is 0 Å². The molecule has 1 aliphatic heterocycles. The predicted molar refractivity (Wildman–Crippen MR) is 90.4 cm³/mol. The third kappa shape index (κ3) is 8.83. The lowest BCUT2D eigenvalue weighted by Crippen LogP contribution is -2.27. The van der Waals surface area contributed by atoms with Crippen molar-refractivity contribution in [3.05, 3.63) is 0 Å². The van der Waals surface area contributed by atoms with Crippen molar-refractivity contribution in [2.75, 3.05) is 6.61 Å². The summed E-state index contributed by atoms with van der Waals surface area (Å²) in [6, 6.07) is 0. The molecular formula is C19H38O2. The van der Waals surface area contributed by atoms with E-state index < -0.39 is 0 Å². The molecule has 0 bridgehead atoms. The highest BCUT2D eigenvalue weighted by atomic mass is 16.7. The zero-order valence-corrected chi connectivity index (χ0v) is 15.1. The van der Waals surface area contributed by atoms with Crippen LogP contribution < -0.4 is 0 Å². The first-order valence-corrected chi connectivity index (χ1v) is 9.28. The fraction of sp³-hybridized carbons (Fsp3) is 1.00. The molecule has 1 fully saturated rings. The Kier molecular flexibility index (Phi) is 9.59. The molecule has 1 rings (SSSR count). The Morgan fingerprint density at radius 2 is 1.62 bits per heavy atom. The van der Waals surface area contributed by atoms with Crippen LogP contribution in [0.15, 0.2) is 0 Å². The minimum absolute atomic E-state index is 0.0583. The third-order valence-electron chi connectivity index (χ3n) is 4.65. The summed E-state index contributed by atoms with van der Waals surface area (Å²) < 4.78 is 11.7. The smallest absolute Gasteiger partial charge is 0.157 e. The number of ether oxygens (including phenoxy) is 2. The Morgan fingerprint density at radius 1 is 0.952 bits per heavy atom.